The lowest BCUT2D eigenvalue weighted by atomic mass is 10.0. The number of carbonyl (C=O) groups is 2. The third-order valence-corrected chi connectivity index (χ3v) is 7.27. The molecule has 41 heavy (non-hydrogen) atoms. The number of nitrogens with one attached hydrogen (secondary N) is 2. The van der Waals surface area contributed by atoms with E-state index in [2.05, 4.69) is 82.3 Å². The van der Waals surface area contributed by atoms with Crippen LogP contribution in [0.3, 0.4) is 0 Å². The summed E-state index contributed by atoms with van der Waals surface area (Å²) in [5, 5.41) is 6.28. The van der Waals surface area contributed by atoms with Crippen LogP contribution in [-0.4, -0.2) is 60.1 Å². The molecule has 0 bridgehead atoms. The number of hydrogen-bond donors (Lipinski definition) is 2. The van der Waals surface area contributed by atoms with E-state index in [0.717, 1.165) is 42.9 Å². The van der Waals surface area contributed by atoms with Gasteiger partial charge in [0.05, 0.1) is 0 Å². The Balaban J connectivity index is 1.22. The normalized spacial score (nSPS) is 14.4. The molecule has 2 N–H and O–H groups in total. The lowest BCUT2D eigenvalue weighted by Crippen LogP contribution is -2.41. The number of piperidine rings is 1. The van der Waals surface area contributed by atoms with Crippen LogP contribution in [0.5, 0.6) is 0 Å². The Hall–Kier alpha value is -3.68. The van der Waals surface area contributed by atoms with Crippen molar-refractivity contribution in [2.45, 2.75) is 64.9 Å². The molecule has 1 aliphatic heterocycles. The summed E-state index contributed by atoms with van der Waals surface area (Å²) in [7, 11) is 1.74. The lowest BCUT2D eigenvalue weighted by Gasteiger charge is -2.32. The maximum atomic E-state index is 12.5. The van der Waals surface area contributed by atoms with Gasteiger partial charge in [0.2, 0.25) is 5.91 Å². The van der Waals surface area contributed by atoms with Crippen LogP contribution in [0.4, 0.5) is 4.79 Å². The lowest BCUT2D eigenvalue weighted by molar-refractivity contribution is -0.129. The van der Waals surface area contributed by atoms with Crippen molar-refractivity contribution in [2.75, 3.05) is 26.7 Å². The Labute approximate surface area is 244 Å². The molecule has 1 saturated heterocycles. The van der Waals surface area contributed by atoms with Gasteiger partial charge in [0.1, 0.15) is 12.1 Å². The molecule has 2 amide bonds. The van der Waals surface area contributed by atoms with Crippen molar-refractivity contribution in [2.24, 2.45) is 0 Å². The van der Waals surface area contributed by atoms with Gasteiger partial charge in [-0.1, -0.05) is 72.8 Å². The molecular formula is C34H44N4O3. The highest BCUT2D eigenvalue weighted by molar-refractivity contribution is 5.82. The second-order valence-electron chi connectivity index (χ2n) is 11.9. The second-order valence-corrected chi connectivity index (χ2v) is 11.9. The highest BCUT2D eigenvalue weighted by atomic mass is 16.6. The maximum Gasteiger partial charge on any atom is 0.408 e. The zero-order valence-corrected chi connectivity index (χ0v) is 24.9. The molecule has 0 saturated carbocycles. The largest absolute Gasteiger partial charge is 0.444 e. The molecule has 3 aromatic carbocycles. The van der Waals surface area contributed by atoms with Crippen LogP contribution in [0, 0.1) is 0 Å². The summed E-state index contributed by atoms with van der Waals surface area (Å²) >= 11 is 0. The first kappa shape index (κ1) is 30.3. The van der Waals surface area contributed by atoms with Gasteiger partial charge < -0.3 is 20.3 Å². The molecule has 0 atom stereocenters. The molecule has 7 heteroatoms. The number of likely N-dealkylation sites (tertiary alicyclic amines) is 1. The van der Waals surface area contributed by atoms with Gasteiger partial charge in [-0.15, -0.1) is 0 Å². The van der Waals surface area contributed by atoms with Crippen molar-refractivity contribution >= 4 is 12.0 Å². The number of alkyl carbamates (subject to hydrolysis) is 1. The van der Waals surface area contributed by atoms with E-state index >= 15 is 0 Å². The summed E-state index contributed by atoms with van der Waals surface area (Å²) in [6.07, 6.45) is 1.75. The minimum Gasteiger partial charge on any atom is -0.444 e. The van der Waals surface area contributed by atoms with Gasteiger partial charge >= 0.3 is 6.09 Å². The summed E-state index contributed by atoms with van der Waals surface area (Å²) in [5.74, 6) is -0.181. The fraction of sp³-hybridized carbons (Fsp3) is 0.412. The number of rotatable bonds is 10. The van der Waals surface area contributed by atoms with E-state index in [1.54, 1.807) is 32.7 Å². The predicted octanol–water partition coefficient (Wildman–Crippen LogP) is 5.59. The van der Waals surface area contributed by atoms with Crippen molar-refractivity contribution in [1.82, 2.24) is 20.4 Å². The molecule has 1 fully saturated rings. The number of ether oxygens (including phenoxy) is 1. The minimum atomic E-state index is -0.602. The fourth-order valence-electron chi connectivity index (χ4n) is 5.02. The van der Waals surface area contributed by atoms with E-state index in [0.29, 0.717) is 12.6 Å². The van der Waals surface area contributed by atoms with E-state index in [1.807, 2.05) is 12.1 Å². The smallest absolute Gasteiger partial charge is 0.408 e. The molecular weight excluding hydrogens is 512 g/mol. The monoisotopic (exact) mass is 556 g/mol. The van der Waals surface area contributed by atoms with E-state index in [1.165, 1.54) is 24.0 Å². The number of carbonyl (C=O) groups excluding carboxylic acids is 2. The Morgan fingerprint density at radius 2 is 1.56 bits per heavy atom. The third kappa shape index (κ3) is 10.0. The van der Waals surface area contributed by atoms with Gasteiger partial charge in [0.25, 0.3) is 0 Å². The zero-order valence-electron chi connectivity index (χ0n) is 24.9. The van der Waals surface area contributed by atoms with Crippen molar-refractivity contribution in [3.8, 4) is 11.1 Å². The van der Waals surface area contributed by atoms with Crippen molar-refractivity contribution in [3.05, 3.63) is 95.6 Å². The van der Waals surface area contributed by atoms with E-state index in [-0.39, 0.29) is 12.5 Å². The molecule has 0 spiro atoms. The number of nitrogens with zero attached hydrogens (tertiary/aromatic N) is 2. The number of amides is 2. The van der Waals surface area contributed by atoms with E-state index < -0.39 is 11.7 Å². The Morgan fingerprint density at radius 1 is 0.878 bits per heavy atom. The van der Waals surface area contributed by atoms with Crippen molar-refractivity contribution in [1.29, 1.82) is 0 Å². The van der Waals surface area contributed by atoms with Gasteiger partial charge in [0, 0.05) is 32.7 Å². The van der Waals surface area contributed by atoms with Crippen LogP contribution < -0.4 is 10.6 Å². The van der Waals surface area contributed by atoms with Crippen LogP contribution >= 0.6 is 0 Å². The summed E-state index contributed by atoms with van der Waals surface area (Å²) in [4.78, 5) is 28.5. The SMILES string of the molecule is CN(Cc1cccc(-c2ccc(CNC3CCN(Cc4ccccc4)CC3)cc2)c1)C(=O)CNC(=O)OC(C)(C)C. The molecule has 3 aromatic rings. The van der Waals surface area contributed by atoms with Crippen LogP contribution in [0.1, 0.15) is 50.3 Å². The van der Waals surface area contributed by atoms with Gasteiger partial charge in [0.15, 0.2) is 0 Å². The Kier molecular flexibility index (Phi) is 10.6. The molecule has 0 aliphatic carbocycles. The Morgan fingerprint density at radius 3 is 2.24 bits per heavy atom. The highest BCUT2D eigenvalue weighted by Crippen LogP contribution is 2.22. The number of likely N-dealkylation sites (N-methyl/N-ethyl adjacent to an activating group) is 1. The molecule has 218 valence electrons. The van der Waals surface area contributed by atoms with Crippen LogP contribution in [0.15, 0.2) is 78.9 Å². The van der Waals surface area contributed by atoms with Crippen LogP contribution in [-0.2, 0) is 29.2 Å². The van der Waals surface area contributed by atoms with Crippen LogP contribution in [0.2, 0.25) is 0 Å². The molecule has 7 nitrogen and oxygen atoms in total. The summed E-state index contributed by atoms with van der Waals surface area (Å²) in [6, 6.07) is 28.2. The topological polar surface area (TPSA) is 73.9 Å². The molecule has 1 heterocycles. The first-order valence-electron chi connectivity index (χ1n) is 14.5. The minimum absolute atomic E-state index is 0.104. The molecule has 0 radical (unpaired) electrons. The van der Waals surface area contributed by atoms with Gasteiger partial charge in [-0.2, -0.15) is 0 Å². The first-order valence-corrected chi connectivity index (χ1v) is 14.5. The highest BCUT2D eigenvalue weighted by Gasteiger charge is 2.19. The third-order valence-electron chi connectivity index (χ3n) is 7.27. The number of hydrogen-bond acceptors (Lipinski definition) is 5. The molecule has 0 aromatic heterocycles. The Bertz CT molecular complexity index is 1260. The van der Waals surface area contributed by atoms with E-state index in [9.17, 15) is 9.59 Å². The second kappa shape index (κ2) is 14.3. The summed E-state index contributed by atoms with van der Waals surface area (Å²) in [6.45, 7) is 9.87. The van der Waals surface area contributed by atoms with Crippen molar-refractivity contribution in [3.63, 3.8) is 0 Å². The molecule has 0 unspecified atom stereocenters. The van der Waals surface area contributed by atoms with Gasteiger partial charge in [-0.25, -0.2) is 4.79 Å². The molecule has 1 aliphatic rings. The average Bonchev–Trinajstić information content (AvgIpc) is 2.95. The quantitative estimate of drug-likeness (QED) is 0.341. The summed E-state index contributed by atoms with van der Waals surface area (Å²) < 4.78 is 5.20. The average molecular weight is 557 g/mol. The summed E-state index contributed by atoms with van der Waals surface area (Å²) in [5.41, 5.74) is 5.34. The predicted molar refractivity (Wildman–Crippen MR) is 164 cm³/mol. The maximum absolute atomic E-state index is 12.5. The zero-order chi connectivity index (χ0) is 29.2. The molecule has 4 rings (SSSR count). The van der Waals surface area contributed by atoms with E-state index in [4.69, 9.17) is 4.74 Å². The first-order chi connectivity index (χ1) is 19.6. The van der Waals surface area contributed by atoms with Crippen LogP contribution in [0.25, 0.3) is 11.1 Å². The van der Waals surface area contributed by atoms with Gasteiger partial charge in [-0.3, -0.25) is 9.69 Å². The van der Waals surface area contributed by atoms with Crippen molar-refractivity contribution < 1.29 is 14.3 Å². The number of benzene rings is 3. The fourth-order valence-corrected chi connectivity index (χ4v) is 5.02. The van der Waals surface area contributed by atoms with Gasteiger partial charge in [-0.05, 0) is 80.6 Å². The standard InChI is InChI=1S/C34H44N4O3/c1-34(2,3)41-33(40)36-23-32(39)37(4)24-28-11-8-12-30(21-28)29-15-13-26(14-16-29)22-35-31-17-19-38(20-18-31)25-27-9-6-5-7-10-27/h5-16,21,31,35H,17-20,22-25H2,1-4H3,(H,36,40).